The van der Waals surface area contributed by atoms with Gasteiger partial charge in [0.1, 0.15) is 0 Å². The van der Waals surface area contributed by atoms with E-state index in [1.165, 1.54) is 5.56 Å². The highest BCUT2D eigenvalue weighted by Crippen LogP contribution is 2.44. The predicted octanol–water partition coefficient (Wildman–Crippen LogP) is 4.45. The molecule has 104 valence electrons. The lowest BCUT2D eigenvalue weighted by Gasteiger charge is -2.29. The maximum atomic E-state index is 13.5. The van der Waals surface area contributed by atoms with Crippen molar-refractivity contribution in [2.75, 3.05) is 0 Å². The van der Waals surface area contributed by atoms with Crippen molar-refractivity contribution in [2.45, 2.75) is 23.8 Å². The van der Waals surface area contributed by atoms with E-state index in [9.17, 15) is 13.9 Å². The third-order valence-corrected chi connectivity index (χ3v) is 4.68. The standard InChI is InChI=1S/C16H13BrF2O/c1-15(20,16(17,18)19)12-6-7-14-11(9-12)8-10-4-2-3-5-13(10)14/h2-7,9,20H,8H2,1H3. The zero-order chi connectivity index (χ0) is 14.5. The fourth-order valence-corrected chi connectivity index (χ4v) is 2.84. The Morgan fingerprint density at radius 3 is 2.40 bits per heavy atom. The zero-order valence-corrected chi connectivity index (χ0v) is 12.4. The van der Waals surface area contributed by atoms with E-state index < -0.39 is 10.4 Å². The molecule has 0 amide bonds. The number of halogens is 3. The summed E-state index contributed by atoms with van der Waals surface area (Å²) in [7, 11) is 0. The molecule has 0 saturated heterocycles. The van der Waals surface area contributed by atoms with Crippen molar-refractivity contribution >= 4 is 15.9 Å². The Hall–Kier alpha value is -1.26. The molecular formula is C16H13BrF2O. The number of rotatable bonds is 2. The number of benzene rings is 2. The lowest BCUT2D eigenvalue weighted by atomic mass is 9.93. The van der Waals surface area contributed by atoms with Gasteiger partial charge < -0.3 is 5.11 Å². The first-order valence-corrected chi connectivity index (χ1v) is 7.11. The van der Waals surface area contributed by atoms with Gasteiger partial charge in [-0.1, -0.05) is 42.5 Å². The van der Waals surface area contributed by atoms with E-state index in [4.69, 9.17) is 0 Å². The minimum Gasteiger partial charge on any atom is -0.378 e. The summed E-state index contributed by atoms with van der Waals surface area (Å²) < 4.78 is 26.9. The largest absolute Gasteiger partial charge is 0.378 e. The summed E-state index contributed by atoms with van der Waals surface area (Å²) in [6.45, 7) is 1.12. The van der Waals surface area contributed by atoms with Crippen molar-refractivity contribution in [3.05, 3.63) is 59.2 Å². The molecular weight excluding hydrogens is 326 g/mol. The third-order valence-electron chi connectivity index (χ3n) is 3.91. The second-order valence-corrected chi connectivity index (χ2v) is 6.27. The maximum absolute atomic E-state index is 13.5. The molecule has 4 heteroatoms. The van der Waals surface area contributed by atoms with Crippen LogP contribution in [0.1, 0.15) is 23.6 Å². The average molecular weight is 339 g/mol. The Morgan fingerprint density at radius 2 is 1.70 bits per heavy atom. The summed E-state index contributed by atoms with van der Waals surface area (Å²) >= 11 is 2.26. The molecule has 1 atom stereocenters. The number of hydrogen-bond donors (Lipinski definition) is 1. The quantitative estimate of drug-likeness (QED) is 0.684. The van der Waals surface area contributed by atoms with Crippen LogP contribution < -0.4 is 0 Å². The second-order valence-electron chi connectivity index (χ2n) is 5.28. The molecule has 1 unspecified atom stereocenters. The van der Waals surface area contributed by atoms with Crippen LogP contribution >= 0.6 is 15.9 Å². The van der Waals surface area contributed by atoms with E-state index in [1.807, 2.05) is 30.3 Å². The summed E-state index contributed by atoms with van der Waals surface area (Å²) in [5, 5.41) is 10.1. The van der Waals surface area contributed by atoms with Crippen molar-refractivity contribution in [3.63, 3.8) is 0 Å². The molecule has 2 aromatic rings. The maximum Gasteiger partial charge on any atom is 0.333 e. The highest BCUT2D eigenvalue weighted by molar-refractivity contribution is 9.10. The minimum absolute atomic E-state index is 0.214. The lowest BCUT2D eigenvalue weighted by molar-refractivity contribution is -0.109. The minimum atomic E-state index is -3.38. The number of fused-ring (bicyclic) bond motifs is 3. The van der Waals surface area contributed by atoms with Gasteiger partial charge in [0.05, 0.1) is 0 Å². The van der Waals surface area contributed by atoms with E-state index in [0.717, 1.165) is 23.6 Å². The molecule has 0 aliphatic heterocycles. The second kappa shape index (κ2) is 4.37. The van der Waals surface area contributed by atoms with Gasteiger partial charge in [-0.25, -0.2) is 0 Å². The summed E-state index contributed by atoms with van der Waals surface area (Å²) in [6.07, 6.45) is 0.712. The van der Waals surface area contributed by atoms with Gasteiger partial charge in [-0.15, -0.1) is 0 Å². The van der Waals surface area contributed by atoms with Crippen LogP contribution in [0.3, 0.4) is 0 Å². The molecule has 0 aromatic heterocycles. The van der Waals surface area contributed by atoms with Gasteiger partial charge in [0, 0.05) is 0 Å². The van der Waals surface area contributed by atoms with E-state index in [2.05, 4.69) is 15.9 Å². The lowest BCUT2D eigenvalue weighted by Crippen LogP contribution is -2.37. The molecule has 0 bridgehead atoms. The summed E-state index contributed by atoms with van der Waals surface area (Å²) in [4.78, 5) is -3.38. The third kappa shape index (κ3) is 1.98. The zero-order valence-electron chi connectivity index (χ0n) is 10.8. The molecule has 20 heavy (non-hydrogen) atoms. The highest BCUT2D eigenvalue weighted by Gasteiger charge is 2.48. The molecule has 0 saturated carbocycles. The fourth-order valence-electron chi connectivity index (χ4n) is 2.61. The normalized spacial score (nSPS) is 16.4. The van der Waals surface area contributed by atoms with Crippen molar-refractivity contribution in [3.8, 4) is 11.1 Å². The Kier molecular flexibility index (Phi) is 2.99. The smallest absolute Gasteiger partial charge is 0.333 e. The van der Waals surface area contributed by atoms with Gasteiger partial charge in [0.25, 0.3) is 0 Å². The topological polar surface area (TPSA) is 20.2 Å². The first kappa shape index (κ1) is 13.7. The Labute approximate surface area is 124 Å². The summed E-state index contributed by atoms with van der Waals surface area (Å²) in [5.74, 6) is 0. The van der Waals surface area contributed by atoms with Crippen molar-refractivity contribution in [2.24, 2.45) is 0 Å². The van der Waals surface area contributed by atoms with Crippen LogP contribution in [0.15, 0.2) is 42.5 Å². The van der Waals surface area contributed by atoms with E-state index in [-0.39, 0.29) is 5.56 Å². The van der Waals surface area contributed by atoms with Crippen LogP contribution in [0.2, 0.25) is 0 Å². The molecule has 3 rings (SSSR count). The average Bonchev–Trinajstić information content (AvgIpc) is 2.74. The van der Waals surface area contributed by atoms with Crippen LogP contribution in [0.4, 0.5) is 8.78 Å². The van der Waals surface area contributed by atoms with E-state index >= 15 is 0 Å². The van der Waals surface area contributed by atoms with Gasteiger partial charge in [-0.05, 0) is 57.1 Å². The highest BCUT2D eigenvalue weighted by atomic mass is 79.9. The SMILES string of the molecule is CC(O)(c1ccc2c(c1)Cc1ccccc1-2)C(F)(F)Br. The molecule has 1 nitrogen and oxygen atoms in total. The van der Waals surface area contributed by atoms with Gasteiger partial charge >= 0.3 is 4.83 Å². The van der Waals surface area contributed by atoms with Crippen molar-refractivity contribution < 1.29 is 13.9 Å². The van der Waals surface area contributed by atoms with Gasteiger partial charge in [0.2, 0.25) is 0 Å². The Bertz CT molecular complexity index is 674. The summed E-state index contributed by atoms with van der Waals surface area (Å²) in [5.41, 5.74) is 2.32. The molecule has 0 radical (unpaired) electrons. The Morgan fingerprint density at radius 1 is 1.05 bits per heavy atom. The van der Waals surface area contributed by atoms with Crippen LogP contribution in [0.25, 0.3) is 11.1 Å². The number of hydrogen-bond acceptors (Lipinski definition) is 1. The molecule has 0 spiro atoms. The molecule has 1 N–H and O–H groups in total. The molecule has 1 aliphatic carbocycles. The van der Waals surface area contributed by atoms with Crippen LogP contribution in [0, 0.1) is 0 Å². The van der Waals surface area contributed by atoms with Gasteiger partial charge in [0.15, 0.2) is 5.60 Å². The van der Waals surface area contributed by atoms with Crippen molar-refractivity contribution in [1.29, 1.82) is 0 Å². The fraction of sp³-hybridized carbons (Fsp3) is 0.250. The van der Waals surface area contributed by atoms with Crippen LogP contribution in [-0.2, 0) is 12.0 Å². The molecule has 2 aromatic carbocycles. The number of alkyl halides is 3. The van der Waals surface area contributed by atoms with E-state index in [1.54, 1.807) is 12.1 Å². The molecule has 0 heterocycles. The van der Waals surface area contributed by atoms with Gasteiger partial charge in [-0.3, -0.25) is 0 Å². The van der Waals surface area contributed by atoms with Gasteiger partial charge in [-0.2, -0.15) is 8.78 Å². The molecule has 1 aliphatic rings. The monoisotopic (exact) mass is 338 g/mol. The number of aliphatic hydroxyl groups is 1. The first-order chi connectivity index (χ1) is 9.30. The van der Waals surface area contributed by atoms with Crippen LogP contribution in [-0.4, -0.2) is 9.94 Å². The predicted molar refractivity (Wildman–Crippen MR) is 78.1 cm³/mol. The Balaban J connectivity index is 2.08. The van der Waals surface area contributed by atoms with E-state index in [0.29, 0.717) is 6.42 Å². The van der Waals surface area contributed by atoms with Crippen LogP contribution in [0.5, 0.6) is 0 Å². The van der Waals surface area contributed by atoms with Crippen molar-refractivity contribution in [1.82, 2.24) is 0 Å². The molecule has 0 fully saturated rings. The summed E-state index contributed by atoms with van der Waals surface area (Å²) in [6, 6.07) is 13.0. The first-order valence-electron chi connectivity index (χ1n) is 6.31.